The van der Waals surface area contributed by atoms with Crippen molar-refractivity contribution in [2.24, 2.45) is 33.5 Å². The second-order valence-corrected chi connectivity index (χ2v) is 17.0. The normalized spacial score (nSPS) is 32.1. The van der Waals surface area contributed by atoms with Crippen LogP contribution in [0.1, 0.15) is 118 Å². The topological polar surface area (TPSA) is 108 Å². The fraction of sp³-hybridized carbons (Fsp3) is 0.889. The average Bonchev–Trinajstić information content (AvgIpc) is 3.20. The number of carbonyl (C=O) groups is 4. The van der Waals surface area contributed by atoms with Crippen LogP contribution in [0.25, 0.3) is 0 Å². The molecule has 1 aliphatic heterocycles. The predicted molar refractivity (Wildman–Crippen MR) is 174 cm³/mol. The number of nitrogens with one attached hydrogen (secondary N) is 2. The number of nitrogens with zero attached hydrogens (tertiary/aromatic N) is 2. The van der Waals surface area contributed by atoms with Crippen molar-refractivity contribution in [3.8, 4) is 0 Å². The smallest absolute Gasteiger partial charge is 0.328 e. The monoisotopic (exact) mass is 628 g/mol. The van der Waals surface area contributed by atoms with Crippen molar-refractivity contribution < 1.29 is 23.9 Å². The van der Waals surface area contributed by atoms with E-state index < -0.39 is 23.5 Å². The molecule has 0 aromatic heterocycles. The summed E-state index contributed by atoms with van der Waals surface area (Å²) in [6.45, 7) is 11.0. The van der Waals surface area contributed by atoms with Crippen molar-refractivity contribution in [2.45, 2.75) is 142 Å². The van der Waals surface area contributed by atoms with E-state index in [1.54, 1.807) is 4.90 Å². The summed E-state index contributed by atoms with van der Waals surface area (Å²) in [5.41, 5.74) is -0.515. The Balaban J connectivity index is 1.39. The van der Waals surface area contributed by atoms with E-state index in [1.165, 1.54) is 13.5 Å². The van der Waals surface area contributed by atoms with Gasteiger partial charge >= 0.3 is 5.97 Å². The average molecular weight is 629 g/mol. The van der Waals surface area contributed by atoms with E-state index in [1.807, 2.05) is 34.9 Å². The molecule has 5 fully saturated rings. The molecule has 45 heavy (non-hydrogen) atoms. The number of hydrogen-bond donors (Lipinski definition) is 2. The molecule has 1 unspecified atom stereocenters. The third-order valence-electron chi connectivity index (χ3n) is 13.4. The summed E-state index contributed by atoms with van der Waals surface area (Å²) >= 11 is 0. The molecule has 9 nitrogen and oxygen atoms in total. The van der Waals surface area contributed by atoms with E-state index in [4.69, 9.17) is 4.74 Å². The number of fused-ring (bicyclic) bond motifs is 1. The molecule has 3 amide bonds. The highest BCUT2D eigenvalue weighted by atomic mass is 16.5. The highest BCUT2D eigenvalue weighted by molar-refractivity contribution is 5.95. The van der Waals surface area contributed by atoms with Crippen molar-refractivity contribution in [3.63, 3.8) is 0 Å². The van der Waals surface area contributed by atoms with Gasteiger partial charge in [-0.05, 0) is 81.2 Å². The van der Waals surface area contributed by atoms with Crippen LogP contribution in [0.2, 0.25) is 0 Å². The molecule has 0 aromatic rings. The molecule has 6 atom stereocenters. The van der Waals surface area contributed by atoms with Gasteiger partial charge in [0.1, 0.15) is 18.1 Å². The van der Waals surface area contributed by atoms with Crippen LogP contribution >= 0.6 is 0 Å². The number of ether oxygens (including phenoxy) is 1. The maximum atomic E-state index is 14.6. The Bertz CT molecular complexity index is 1150. The molecule has 4 aliphatic carbocycles. The SMILES string of the molecule is COC(=O)[C@@H]1C[C@@]2(CN1C(=O)[C@@H](NC(=O)[C@@H](NC(=O)[C@@H]1CCCCC1N(C)C)C1CCCCC1)C(C)(C)C)C(C)(C)C21CCC1. The van der Waals surface area contributed by atoms with Crippen LogP contribution in [0.4, 0.5) is 0 Å². The Morgan fingerprint density at radius 3 is 2.02 bits per heavy atom. The van der Waals surface area contributed by atoms with Gasteiger partial charge in [0.15, 0.2) is 0 Å². The number of likely N-dealkylation sites (tertiary alicyclic amines) is 1. The van der Waals surface area contributed by atoms with Crippen LogP contribution in [0.5, 0.6) is 0 Å². The van der Waals surface area contributed by atoms with E-state index in [0.29, 0.717) is 13.0 Å². The van der Waals surface area contributed by atoms with Gasteiger partial charge in [-0.15, -0.1) is 0 Å². The Hall–Kier alpha value is -2.16. The lowest BCUT2D eigenvalue weighted by Gasteiger charge is -2.39. The summed E-state index contributed by atoms with van der Waals surface area (Å²) in [6, 6.07) is -2.05. The van der Waals surface area contributed by atoms with Gasteiger partial charge in [0.05, 0.1) is 13.0 Å². The van der Waals surface area contributed by atoms with Crippen molar-refractivity contribution in [2.75, 3.05) is 27.7 Å². The number of amides is 3. The van der Waals surface area contributed by atoms with Crippen LogP contribution in [0.15, 0.2) is 0 Å². The quantitative estimate of drug-likeness (QED) is 0.379. The molecule has 254 valence electrons. The first-order valence-electron chi connectivity index (χ1n) is 17.8. The van der Waals surface area contributed by atoms with Crippen LogP contribution < -0.4 is 10.6 Å². The second-order valence-electron chi connectivity index (χ2n) is 17.0. The lowest BCUT2D eigenvalue weighted by atomic mass is 9.73. The highest BCUT2D eigenvalue weighted by Gasteiger charge is 2.85. The van der Waals surface area contributed by atoms with Gasteiger partial charge in [0, 0.05) is 18.0 Å². The first kappa shape index (κ1) is 34.2. The largest absolute Gasteiger partial charge is 0.467 e. The molecular formula is C36H60N4O5. The molecule has 0 aromatic carbocycles. The lowest BCUT2D eigenvalue weighted by Crippen LogP contribution is -2.62. The van der Waals surface area contributed by atoms with Crippen LogP contribution in [-0.4, -0.2) is 85.4 Å². The van der Waals surface area contributed by atoms with Gasteiger partial charge < -0.3 is 25.2 Å². The molecule has 2 N–H and O–H groups in total. The number of esters is 1. The Labute approximate surface area is 271 Å². The van der Waals surface area contributed by atoms with Crippen molar-refractivity contribution in [3.05, 3.63) is 0 Å². The number of rotatable bonds is 8. The zero-order chi connectivity index (χ0) is 32.9. The fourth-order valence-electron chi connectivity index (χ4n) is 10.4. The summed E-state index contributed by atoms with van der Waals surface area (Å²) in [5, 5.41) is 6.39. The molecule has 9 heteroatoms. The standard InChI is InChI=1S/C36H60N4O5/c1-33(2,3)28(31(43)40-22-36(21-26(40)32(44)45-8)34(4,5)35(36)19-14-20-35)38-30(42)27(23-15-10-9-11-16-23)37-29(41)24-17-12-13-18-25(24)39(6)7/h23-28H,9-22H2,1-8H3,(H,37,41)(H,38,42)/t24-,25?,26+,27+,28-,36-/m1/s1. The molecule has 5 aliphatic rings. The summed E-state index contributed by atoms with van der Waals surface area (Å²) in [7, 11) is 5.45. The van der Waals surface area contributed by atoms with Gasteiger partial charge in [0.25, 0.3) is 0 Å². The summed E-state index contributed by atoms with van der Waals surface area (Å²) < 4.78 is 5.24. The molecule has 2 spiro atoms. The van der Waals surface area contributed by atoms with E-state index >= 15 is 0 Å². The molecular weight excluding hydrogens is 568 g/mol. The Morgan fingerprint density at radius 2 is 1.49 bits per heavy atom. The summed E-state index contributed by atoms with van der Waals surface area (Å²) in [5.74, 6) is -1.07. The molecule has 1 saturated heterocycles. The van der Waals surface area contributed by atoms with Crippen molar-refractivity contribution in [1.82, 2.24) is 20.4 Å². The molecule has 4 saturated carbocycles. The zero-order valence-electron chi connectivity index (χ0n) is 29.3. The van der Waals surface area contributed by atoms with Gasteiger partial charge in [0.2, 0.25) is 17.7 Å². The lowest BCUT2D eigenvalue weighted by molar-refractivity contribution is -0.153. The molecule has 1 heterocycles. The van der Waals surface area contributed by atoms with E-state index in [9.17, 15) is 19.2 Å². The first-order valence-corrected chi connectivity index (χ1v) is 17.8. The maximum Gasteiger partial charge on any atom is 0.328 e. The molecule has 0 radical (unpaired) electrons. The van der Waals surface area contributed by atoms with Crippen molar-refractivity contribution >= 4 is 23.7 Å². The van der Waals surface area contributed by atoms with Gasteiger partial charge in [-0.25, -0.2) is 4.79 Å². The minimum Gasteiger partial charge on any atom is -0.467 e. The van der Waals surface area contributed by atoms with Gasteiger partial charge in [-0.3, -0.25) is 14.4 Å². The Morgan fingerprint density at radius 1 is 0.867 bits per heavy atom. The summed E-state index contributed by atoms with van der Waals surface area (Å²) in [6.07, 6.45) is 12.9. The first-order chi connectivity index (χ1) is 21.1. The van der Waals surface area contributed by atoms with Crippen LogP contribution in [0.3, 0.4) is 0 Å². The van der Waals surface area contributed by atoms with E-state index in [-0.39, 0.29) is 57.8 Å². The van der Waals surface area contributed by atoms with Gasteiger partial charge in [-0.2, -0.15) is 0 Å². The third kappa shape index (κ3) is 5.71. The maximum absolute atomic E-state index is 14.6. The number of methoxy groups -OCH3 is 1. The van der Waals surface area contributed by atoms with Crippen molar-refractivity contribution in [1.29, 1.82) is 0 Å². The summed E-state index contributed by atoms with van der Waals surface area (Å²) in [4.78, 5) is 59.8. The minimum absolute atomic E-state index is 0.0310. The molecule has 0 bridgehead atoms. The van der Waals surface area contributed by atoms with Crippen LogP contribution in [0, 0.1) is 33.5 Å². The highest BCUT2D eigenvalue weighted by Crippen LogP contribution is 2.88. The zero-order valence-corrected chi connectivity index (χ0v) is 29.3. The number of hydrogen-bond acceptors (Lipinski definition) is 6. The van der Waals surface area contributed by atoms with E-state index in [2.05, 4.69) is 29.4 Å². The fourth-order valence-corrected chi connectivity index (χ4v) is 10.4. The Kier molecular flexibility index (Phi) is 9.46. The number of carbonyl (C=O) groups excluding carboxylic acids is 4. The second kappa shape index (κ2) is 12.5. The van der Waals surface area contributed by atoms with Crippen LogP contribution in [-0.2, 0) is 23.9 Å². The van der Waals surface area contributed by atoms with E-state index in [0.717, 1.165) is 70.6 Å². The molecule has 5 rings (SSSR count). The minimum atomic E-state index is -0.848. The third-order valence-corrected chi connectivity index (χ3v) is 13.4. The van der Waals surface area contributed by atoms with Gasteiger partial charge in [-0.1, -0.05) is 73.1 Å². The predicted octanol–water partition coefficient (Wildman–Crippen LogP) is 4.67.